The summed E-state index contributed by atoms with van der Waals surface area (Å²) in [7, 11) is 0. The normalized spacial score (nSPS) is 12.9. The molecule has 0 aromatic carbocycles. The third-order valence-electron chi connectivity index (χ3n) is 15.0. The topological polar surface area (TPSA) is 78.9 Å². The monoisotopic (exact) mass is 1150 g/mol. The van der Waals surface area contributed by atoms with Crippen LogP contribution in [-0.2, 0) is 28.6 Å². The molecule has 0 bridgehead atoms. The Balaban J connectivity index is 4.32. The lowest BCUT2D eigenvalue weighted by atomic mass is 10.0. The zero-order chi connectivity index (χ0) is 59.9. The molecule has 0 aromatic rings. The smallest absolute Gasteiger partial charge is 0.306 e. The standard InChI is InChI=1S/C77H130O6/c1-4-7-10-13-16-19-22-25-27-29-31-32-33-34-35-36-37-38-39-40-41-42-43-44-46-47-49-52-55-58-61-64-67-70-76(79)82-73-74(72-81-75(78)69-66-63-60-57-54-51-24-21-18-15-12-9-6-3)83-77(80)71-68-65-62-59-56-53-50-48-45-30-28-26-23-20-17-14-11-8-5-2/h7,10,16,19,21,24-25,27,31-32,34-35,37-38,40-41,43-44,47,49,74H,4-6,8-9,11-15,17-18,20,22-23,26,28-30,33,36,39,42,45-46,48,50-73H2,1-3H3/b10-7-,19-16-,24-21-,27-25-,32-31-,35-34-,38-37-,41-40-,44-43-,49-47-. The molecule has 474 valence electrons. The van der Waals surface area contributed by atoms with E-state index in [2.05, 4.69) is 142 Å². The number of rotatable bonds is 63. The van der Waals surface area contributed by atoms with Gasteiger partial charge in [-0.1, -0.05) is 316 Å². The SMILES string of the molecule is CC/C=C\C/C=C\C/C=C\C/C=C\C/C=C\C/C=C\C/C=C\C/C=C\C/C=C\CCCCCCCC(=O)OCC(COC(=O)CCCCCCC/C=C\CCCCCC)OC(=O)CCCCCCCCCCCCCCCCCCCCC. The van der Waals surface area contributed by atoms with Crippen molar-refractivity contribution >= 4 is 17.9 Å². The maximum absolute atomic E-state index is 12.9. The fraction of sp³-hybridized carbons (Fsp3) is 0.701. The third-order valence-corrected chi connectivity index (χ3v) is 15.0. The van der Waals surface area contributed by atoms with Gasteiger partial charge in [0.15, 0.2) is 6.10 Å². The van der Waals surface area contributed by atoms with Gasteiger partial charge in [0.05, 0.1) is 0 Å². The van der Waals surface area contributed by atoms with Gasteiger partial charge in [-0.2, -0.15) is 0 Å². The molecule has 0 radical (unpaired) electrons. The number of carbonyl (C=O) groups excluding carboxylic acids is 3. The van der Waals surface area contributed by atoms with Gasteiger partial charge in [0.25, 0.3) is 0 Å². The van der Waals surface area contributed by atoms with Crippen LogP contribution in [0.25, 0.3) is 0 Å². The second-order valence-corrected chi connectivity index (χ2v) is 23.1. The maximum atomic E-state index is 12.9. The van der Waals surface area contributed by atoms with Crippen LogP contribution in [0.3, 0.4) is 0 Å². The van der Waals surface area contributed by atoms with E-state index in [0.29, 0.717) is 19.3 Å². The Morgan fingerprint density at radius 2 is 0.470 bits per heavy atom. The Kier molecular flexibility index (Phi) is 66.7. The molecule has 0 amide bonds. The van der Waals surface area contributed by atoms with Gasteiger partial charge in [-0.3, -0.25) is 14.4 Å². The molecule has 0 fully saturated rings. The first kappa shape index (κ1) is 78.8. The van der Waals surface area contributed by atoms with Gasteiger partial charge in [-0.05, 0) is 116 Å². The van der Waals surface area contributed by atoms with Crippen LogP contribution in [0.2, 0.25) is 0 Å². The van der Waals surface area contributed by atoms with Gasteiger partial charge in [-0.25, -0.2) is 0 Å². The van der Waals surface area contributed by atoms with Crippen molar-refractivity contribution in [3.05, 3.63) is 122 Å². The average Bonchev–Trinajstić information content (AvgIpc) is 3.49. The van der Waals surface area contributed by atoms with Crippen molar-refractivity contribution in [1.82, 2.24) is 0 Å². The molecule has 6 nitrogen and oxygen atoms in total. The number of ether oxygens (including phenoxy) is 3. The lowest BCUT2D eigenvalue weighted by molar-refractivity contribution is -0.167. The molecule has 0 aliphatic carbocycles. The third kappa shape index (κ3) is 68.5. The first-order valence-electron chi connectivity index (χ1n) is 35.0. The van der Waals surface area contributed by atoms with E-state index in [1.54, 1.807) is 0 Å². The molecule has 0 N–H and O–H groups in total. The summed E-state index contributed by atoms with van der Waals surface area (Å²) < 4.78 is 16.9. The van der Waals surface area contributed by atoms with E-state index in [0.717, 1.165) is 141 Å². The fourth-order valence-electron chi connectivity index (χ4n) is 9.73. The van der Waals surface area contributed by atoms with Crippen molar-refractivity contribution in [1.29, 1.82) is 0 Å². The number of esters is 3. The molecule has 0 aliphatic rings. The molecule has 0 saturated heterocycles. The summed E-state index contributed by atoms with van der Waals surface area (Å²) in [5.74, 6) is -0.903. The quantitative estimate of drug-likeness (QED) is 0.0261. The maximum Gasteiger partial charge on any atom is 0.306 e. The van der Waals surface area contributed by atoms with Crippen molar-refractivity contribution in [3.63, 3.8) is 0 Å². The predicted octanol–water partition coefficient (Wildman–Crippen LogP) is 24.3. The lowest BCUT2D eigenvalue weighted by Crippen LogP contribution is -2.30. The summed E-state index contributed by atoms with van der Waals surface area (Å²) in [6.07, 6.45) is 97.9. The van der Waals surface area contributed by atoms with Crippen molar-refractivity contribution < 1.29 is 28.6 Å². The second-order valence-electron chi connectivity index (χ2n) is 23.1. The summed E-state index contributed by atoms with van der Waals surface area (Å²) in [4.78, 5) is 38.4. The Labute approximate surface area is 513 Å². The van der Waals surface area contributed by atoms with Crippen molar-refractivity contribution in [3.8, 4) is 0 Å². The first-order chi connectivity index (χ1) is 41.0. The van der Waals surface area contributed by atoms with Crippen molar-refractivity contribution in [2.45, 2.75) is 335 Å². The Bertz CT molecular complexity index is 1700. The number of unbranched alkanes of at least 4 members (excludes halogenated alkanes) is 32. The molecule has 6 heteroatoms. The minimum absolute atomic E-state index is 0.0871. The molecule has 0 spiro atoms. The summed E-state index contributed by atoms with van der Waals surface area (Å²) in [5, 5.41) is 0. The molecular weight excluding hydrogens is 1020 g/mol. The van der Waals surface area contributed by atoms with Crippen LogP contribution in [0.15, 0.2) is 122 Å². The first-order valence-corrected chi connectivity index (χ1v) is 35.0. The average molecular weight is 1150 g/mol. The number of carbonyl (C=O) groups is 3. The number of allylic oxidation sites excluding steroid dienone is 20. The van der Waals surface area contributed by atoms with Crippen LogP contribution in [0.5, 0.6) is 0 Å². The summed E-state index contributed by atoms with van der Waals surface area (Å²) in [6.45, 7) is 6.52. The van der Waals surface area contributed by atoms with Gasteiger partial charge in [0, 0.05) is 19.3 Å². The van der Waals surface area contributed by atoms with Crippen molar-refractivity contribution in [2.24, 2.45) is 0 Å². The molecular formula is C77H130O6. The van der Waals surface area contributed by atoms with E-state index in [9.17, 15) is 14.4 Å². The minimum atomic E-state index is -0.791. The van der Waals surface area contributed by atoms with E-state index in [1.165, 1.54) is 148 Å². The zero-order valence-corrected chi connectivity index (χ0v) is 54.4. The predicted molar refractivity (Wildman–Crippen MR) is 362 cm³/mol. The van der Waals surface area contributed by atoms with Gasteiger partial charge >= 0.3 is 17.9 Å². The molecule has 0 heterocycles. The summed E-state index contributed by atoms with van der Waals surface area (Å²) >= 11 is 0. The molecule has 83 heavy (non-hydrogen) atoms. The van der Waals surface area contributed by atoms with Gasteiger partial charge in [-0.15, -0.1) is 0 Å². The molecule has 0 rings (SSSR count). The van der Waals surface area contributed by atoms with Gasteiger partial charge in [0.1, 0.15) is 13.2 Å². The highest BCUT2D eigenvalue weighted by molar-refractivity contribution is 5.71. The van der Waals surface area contributed by atoms with E-state index in [1.807, 2.05) is 0 Å². The zero-order valence-electron chi connectivity index (χ0n) is 54.4. The fourth-order valence-corrected chi connectivity index (χ4v) is 9.73. The Hall–Kier alpha value is -4.19. The van der Waals surface area contributed by atoms with Crippen LogP contribution < -0.4 is 0 Å². The molecule has 0 aromatic heterocycles. The highest BCUT2D eigenvalue weighted by Gasteiger charge is 2.19. The van der Waals surface area contributed by atoms with Gasteiger partial charge < -0.3 is 14.2 Å². The van der Waals surface area contributed by atoms with Crippen LogP contribution in [0, 0.1) is 0 Å². The molecule has 1 atom stereocenters. The van der Waals surface area contributed by atoms with E-state index >= 15 is 0 Å². The lowest BCUT2D eigenvalue weighted by Gasteiger charge is -2.18. The highest BCUT2D eigenvalue weighted by atomic mass is 16.6. The number of hydrogen-bond acceptors (Lipinski definition) is 6. The highest BCUT2D eigenvalue weighted by Crippen LogP contribution is 2.17. The minimum Gasteiger partial charge on any atom is -0.462 e. The second kappa shape index (κ2) is 70.3. The van der Waals surface area contributed by atoms with E-state index in [4.69, 9.17) is 14.2 Å². The van der Waals surface area contributed by atoms with Crippen LogP contribution in [0.4, 0.5) is 0 Å². The van der Waals surface area contributed by atoms with Gasteiger partial charge in [0.2, 0.25) is 0 Å². The van der Waals surface area contributed by atoms with E-state index < -0.39 is 6.10 Å². The van der Waals surface area contributed by atoms with Crippen molar-refractivity contribution in [2.75, 3.05) is 13.2 Å². The number of hydrogen-bond donors (Lipinski definition) is 0. The molecule has 1 unspecified atom stereocenters. The summed E-state index contributed by atoms with van der Waals surface area (Å²) in [5.41, 5.74) is 0. The Morgan fingerprint density at radius 1 is 0.253 bits per heavy atom. The molecule has 0 aliphatic heterocycles. The van der Waals surface area contributed by atoms with Crippen LogP contribution in [-0.4, -0.2) is 37.2 Å². The van der Waals surface area contributed by atoms with Crippen LogP contribution >= 0.6 is 0 Å². The Morgan fingerprint density at radius 3 is 0.759 bits per heavy atom. The van der Waals surface area contributed by atoms with E-state index in [-0.39, 0.29) is 31.1 Å². The molecule has 0 saturated carbocycles. The largest absolute Gasteiger partial charge is 0.462 e. The summed E-state index contributed by atoms with van der Waals surface area (Å²) in [6, 6.07) is 0. The van der Waals surface area contributed by atoms with Crippen LogP contribution in [0.1, 0.15) is 329 Å².